The summed E-state index contributed by atoms with van der Waals surface area (Å²) in [5, 5.41) is 7.66. The molecule has 0 unspecified atom stereocenters. The lowest BCUT2D eigenvalue weighted by molar-refractivity contribution is 0.0615. The summed E-state index contributed by atoms with van der Waals surface area (Å²) in [5.41, 5.74) is 8.46. The van der Waals surface area contributed by atoms with Crippen LogP contribution in [0, 0.1) is 10.8 Å². The first-order valence-electron chi connectivity index (χ1n) is 13.7. The Labute approximate surface area is 214 Å². The molecule has 2 saturated heterocycles. The quantitative estimate of drug-likeness (QED) is 0.386. The average Bonchev–Trinajstić information content (AvgIpc) is 3.56. The summed E-state index contributed by atoms with van der Waals surface area (Å²) in [6.07, 6.45) is 14.3. The molecule has 194 valence electrons. The first kappa shape index (κ1) is 25.0. The second-order valence-corrected chi connectivity index (χ2v) is 11.2. The van der Waals surface area contributed by atoms with Crippen molar-refractivity contribution < 1.29 is 4.79 Å². The summed E-state index contributed by atoms with van der Waals surface area (Å²) < 4.78 is 0. The number of benzene rings is 1. The average molecular weight is 492 g/mol. The molecule has 5 rings (SSSR count). The van der Waals surface area contributed by atoms with Gasteiger partial charge in [-0.3, -0.25) is 15.1 Å². The molecule has 0 radical (unpaired) electrons. The van der Waals surface area contributed by atoms with Gasteiger partial charge in [0.25, 0.3) is 5.91 Å². The summed E-state index contributed by atoms with van der Waals surface area (Å²) >= 11 is 0. The minimum absolute atomic E-state index is 0.0425. The molecule has 2 aliphatic heterocycles. The number of likely N-dealkylation sites (tertiary alicyclic amines) is 2. The van der Waals surface area contributed by atoms with Gasteiger partial charge in [0.05, 0.1) is 6.54 Å². The Bertz CT molecular complexity index is 1010. The van der Waals surface area contributed by atoms with Crippen LogP contribution in [0.5, 0.6) is 0 Å². The molecular formula is C28H41N7O. The first-order valence-corrected chi connectivity index (χ1v) is 13.7. The van der Waals surface area contributed by atoms with E-state index in [1.165, 1.54) is 83.1 Å². The Morgan fingerprint density at radius 3 is 2.44 bits per heavy atom. The largest absolute Gasteiger partial charge is 0.386 e. The van der Waals surface area contributed by atoms with Crippen LogP contribution in [-0.4, -0.2) is 75.2 Å². The smallest absolute Gasteiger partial charge is 0.290 e. The van der Waals surface area contributed by atoms with Crippen molar-refractivity contribution in [1.29, 1.82) is 5.41 Å². The van der Waals surface area contributed by atoms with Crippen LogP contribution in [0.3, 0.4) is 0 Å². The number of aromatic nitrogens is 2. The molecule has 2 aromatic rings. The van der Waals surface area contributed by atoms with E-state index in [1.807, 2.05) is 0 Å². The van der Waals surface area contributed by atoms with Crippen molar-refractivity contribution in [3.8, 4) is 0 Å². The van der Waals surface area contributed by atoms with Gasteiger partial charge < -0.3 is 20.5 Å². The predicted octanol–water partition coefficient (Wildman–Crippen LogP) is 3.61. The van der Waals surface area contributed by atoms with Crippen molar-refractivity contribution in [2.24, 2.45) is 11.1 Å². The Morgan fingerprint density at radius 2 is 1.78 bits per heavy atom. The minimum atomic E-state index is -0.254. The summed E-state index contributed by atoms with van der Waals surface area (Å²) in [6.45, 7) is 6.45. The van der Waals surface area contributed by atoms with Crippen LogP contribution in [-0.2, 0) is 13.1 Å². The number of aromatic amines is 1. The minimum Gasteiger partial charge on any atom is -0.386 e. The van der Waals surface area contributed by atoms with Crippen molar-refractivity contribution >= 4 is 11.7 Å². The monoisotopic (exact) mass is 491 g/mol. The molecule has 3 aliphatic rings. The third-order valence-electron chi connectivity index (χ3n) is 8.62. The van der Waals surface area contributed by atoms with Crippen LogP contribution in [0.4, 0.5) is 0 Å². The molecule has 1 aliphatic carbocycles. The second-order valence-electron chi connectivity index (χ2n) is 11.2. The van der Waals surface area contributed by atoms with Gasteiger partial charge >= 0.3 is 0 Å². The first-order chi connectivity index (χ1) is 17.5. The lowest BCUT2D eigenvalue weighted by Crippen LogP contribution is -2.46. The van der Waals surface area contributed by atoms with Gasteiger partial charge in [-0.25, -0.2) is 4.98 Å². The van der Waals surface area contributed by atoms with E-state index in [-0.39, 0.29) is 24.1 Å². The van der Waals surface area contributed by atoms with E-state index in [0.29, 0.717) is 12.0 Å². The number of hydrogen-bond acceptors (Lipinski definition) is 5. The van der Waals surface area contributed by atoms with Gasteiger partial charge in [0.2, 0.25) is 0 Å². The zero-order valence-electron chi connectivity index (χ0n) is 21.4. The van der Waals surface area contributed by atoms with Crippen molar-refractivity contribution in [2.45, 2.75) is 70.5 Å². The molecule has 36 heavy (non-hydrogen) atoms. The van der Waals surface area contributed by atoms with Crippen molar-refractivity contribution in [3.05, 3.63) is 53.6 Å². The summed E-state index contributed by atoms with van der Waals surface area (Å²) in [4.78, 5) is 26.7. The van der Waals surface area contributed by atoms with Crippen LogP contribution in [0.25, 0.3) is 0 Å². The van der Waals surface area contributed by atoms with Crippen LogP contribution in [0.2, 0.25) is 0 Å². The van der Waals surface area contributed by atoms with Crippen LogP contribution in [0.1, 0.15) is 73.1 Å². The van der Waals surface area contributed by atoms with E-state index in [9.17, 15) is 4.79 Å². The molecule has 3 heterocycles. The lowest BCUT2D eigenvalue weighted by Gasteiger charge is -2.43. The van der Waals surface area contributed by atoms with Crippen LogP contribution < -0.4 is 5.73 Å². The number of nitrogens with one attached hydrogen (secondary N) is 2. The number of nitrogens with zero attached hydrogens (tertiary/aromatic N) is 4. The third-order valence-corrected chi connectivity index (χ3v) is 8.62. The number of piperidine rings is 1. The highest BCUT2D eigenvalue weighted by molar-refractivity contribution is 5.93. The normalized spacial score (nSPS) is 21.1. The predicted molar refractivity (Wildman–Crippen MR) is 142 cm³/mol. The number of H-pyrrole nitrogens is 1. The van der Waals surface area contributed by atoms with Crippen LogP contribution in [0.15, 0.2) is 36.7 Å². The van der Waals surface area contributed by atoms with E-state index in [4.69, 9.17) is 11.1 Å². The Hall–Kier alpha value is -2.71. The zero-order valence-corrected chi connectivity index (χ0v) is 21.4. The Balaban J connectivity index is 1.13. The Kier molecular flexibility index (Phi) is 7.72. The summed E-state index contributed by atoms with van der Waals surface area (Å²) in [5.74, 6) is -0.0318. The zero-order chi connectivity index (χ0) is 25.0. The maximum atomic E-state index is 12.8. The standard InChI is InChI=1S/C28H41N7O/c29-25(30)20-35(27(36)26-31-13-14-32-26)19-23-8-6-22(7-9-23)18-33-15-10-28(21-33)11-16-34(17-12-28)24-4-2-1-3-5-24/h6-9,13-14,24H,1-5,10-12,15-21H2,(H3,29,30)(H,31,32). The van der Waals surface area contributed by atoms with E-state index in [1.54, 1.807) is 17.3 Å². The summed E-state index contributed by atoms with van der Waals surface area (Å²) in [6, 6.07) is 9.39. The Morgan fingerprint density at radius 1 is 1.08 bits per heavy atom. The maximum absolute atomic E-state index is 12.8. The highest BCUT2D eigenvalue weighted by Crippen LogP contribution is 2.42. The van der Waals surface area contributed by atoms with Crippen molar-refractivity contribution in [3.63, 3.8) is 0 Å². The fourth-order valence-corrected chi connectivity index (χ4v) is 6.55. The number of carbonyl (C=O) groups is 1. The molecule has 0 atom stereocenters. The van der Waals surface area contributed by atoms with E-state index >= 15 is 0 Å². The highest BCUT2D eigenvalue weighted by atomic mass is 16.2. The molecule has 4 N–H and O–H groups in total. The molecule has 8 heteroatoms. The SMILES string of the molecule is N=C(N)CN(Cc1ccc(CN2CCC3(CCN(C4CCCCC4)CC3)C2)cc1)C(=O)c1ncc[nH]1. The van der Waals surface area contributed by atoms with Gasteiger partial charge in [-0.2, -0.15) is 0 Å². The molecule has 1 aromatic heterocycles. The molecule has 1 aromatic carbocycles. The molecule has 1 spiro atoms. The van der Waals surface area contributed by atoms with Gasteiger partial charge in [-0.1, -0.05) is 43.5 Å². The van der Waals surface area contributed by atoms with Crippen molar-refractivity contribution in [2.75, 3.05) is 32.7 Å². The fourth-order valence-electron chi connectivity index (χ4n) is 6.55. The molecule has 1 amide bonds. The molecule has 0 bridgehead atoms. The summed E-state index contributed by atoms with van der Waals surface area (Å²) in [7, 11) is 0. The molecule has 1 saturated carbocycles. The van der Waals surface area contributed by atoms with Gasteiger partial charge in [0, 0.05) is 38.1 Å². The number of hydrogen-bond donors (Lipinski definition) is 3. The second kappa shape index (κ2) is 11.1. The van der Waals surface area contributed by atoms with Crippen LogP contribution >= 0.6 is 0 Å². The molecule has 8 nitrogen and oxygen atoms in total. The number of nitrogens with two attached hydrogens (primary N) is 1. The molecule has 3 fully saturated rings. The number of carbonyl (C=O) groups excluding carboxylic acids is 1. The van der Waals surface area contributed by atoms with E-state index < -0.39 is 0 Å². The highest BCUT2D eigenvalue weighted by Gasteiger charge is 2.41. The van der Waals surface area contributed by atoms with Gasteiger partial charge in [0.1, 0.15) is 5.84 Å². The van der Waals surface area contributed by atoms with Gasteiger partial charge in [0.15, 0.2) is 5.82 Å². The van der Waals surface area contributed by atoms with Gasteiger partial charge in [-0.15, -0.1) is 0 Å². The van der Waals surface area contributed by atoms with Gasteiger partial charge in [-0.05, 0) is 68.3 Å². The number of amides is 1. The number of rotatable bonds is 8. The van der Waals surface area contributed by atoms with E-state index in [2.05, 4.69) is 44.0 Å². The number of amidine groups is 1. The number of imidazole rings is 1. The van der Waals surface area contributed by atoms with E-state index in [0.717, 1.165) is 18.2 Å². The van der Waals surface area contributed by atoms with Crippen molar-refractivity contribution in [1.82, 2.24) is 24.7 Å². The molecular weight excluding hydrogens is 450 g/mol. The fraction of sp³-hybridized carbons (Fsp3) is 0.607. The third kappa shape index (κ3) is 5.98. The topological polar surface area (TPSA) is 105 Å². The maximum Gasteiger partial charge on any atom is 0.290 e. The lowest BCUT2D eigenvalue weighted by atomic mass is 9.77.